The summed E-state index contributed by atoms with van der Waals surface area (Å²) >= 11 is 13.0. The van der Waals surface area contributed by atoms with E-state index < -0.39 is 16.1 Å². The maximum Gasteiger partial charge on any atom is 0.339 e. The van der Waals surface area contributed by atoms with Crippen molar-refractivity contribution in [3.63, 3.8) is 0 Å². The predicted octanol–water partition coefficient (Wildman–Crippen LogP) is 6.05. The first-order valence-electron chi connectivity index (χ1n) is 13.2. The highest BCUT2D eigenvalue weighted by Crippen LogP contribution is 2.44. The van der Waals surface area contributed by atoms with Crippen molar-refractivity contribution in [3.8, 4) is 0 Å². The largest absolute Gasteiger partial charge is 0.367 e. The number of nitrogens with zero attached hydrogens (tertiary/aromatic N) is 5. The van der Waals surface area contributed by atoms with E-state index in [-0.39, 0.29) is 23.7 Å². The molecule has 4 aromatic rings. The van der Waals surface area contributed by atoms with Crippen LogP contribution >= 0.6 is 23.2 Å². The molecule has 3 aromatic carbocycles. The summed E-state index contributed by atoms with van der Waals surface area (Å²) in [7, 11) is -4.28. The molecule has 0 atom stereocenters. The number of hydrogen-bond donors (Lipinski definition) is 0. The number of sulfonamides is 1. The van der Waals surface area contributed by atoms with Gasteiger partial charge in [-0.05, 0) is 41.5 Å². The van der Waals surface area contributed by atoms with E-state index in [1.807, 2.05) is 53.4 Å². The van der Waals surface area contributed by atoms with E-state index in [1.54, 1.807) is 42.6 Å². The molecule has 0 saturated carbocycles. The summed E-state index contributed by atoms with van der Waals surface area (Å²) in [5, 5.41) is 0.740. The highest BCUT2D eigenvalue weighted by Gasteiger charge is 2.44. The predicted molar refractivity (Wildman–Crippen MR) is 162 cm³/mol. The topological polar surface area (TPSA) is 77.1 Å². The van der Waals surface area contributed by atoms with Gasteiger partial charge in [-0.2, -0.15) is 0 Å². The number of halogens is 2. The summed E-state index contributed by atoms with van der Waals surface area (Å²) in [6.07, 6.45) is 1.76. The van der Waals surface area contributed by atoms with Crippen LogP contribution in [0.1, 0.15) is 11.1 Å². The molecule has 8 nitrogen and oxygen atoms in total. The fraction of sp³-hybridized carbons (Fsp3) is 0.200. The Kier molecular flexibility index (Phi) is 7.50. The van der Waals surface area contributed by atoms with Crippen LogP contribution in [0.3, 0.4) is 0 Å². The summed E-state index contributed by atoms with van der Waals surface area (Å²) in [4.78, 5) is 24.2. The lowest BCUT2D eigenvalue weighted by molar-refractivity contribution is 0.226. The summed E-state index contributed by atoms with van der Waals surface area (Å²) in [6.45, 7) is 2.38. The van der Waals surface area contributed by atoms with Crippen LogP contribution in [0.15, 0.2) is 96.0 Å². The first-order chi connectivity index (χ1) is 19.8. The lowest BCUT2D eigenvalue weighted by Gasteiger charge is -2.41. The third-order valence-corrected chi connectivity index (χ3v) is 9.73. The van der Waals surface area contributed by atoms with Crippen LogP contribution in [0, 0.1) is 0 Å². The van der Waals surface area contributed by atoms with E-state index >= 15 is 0 Å². The van der Waals surface area contributed by atoms with Crippen molar-refractivity contribution in [3.05, 3.63) is 112 Å². The normalized spacial score (nSPS) is 16.6. The third kappa shape index (κ3) is 5.32. The Labute approximate surface area is 249 Å². The monoisotopic (exact) mass is 607 g/mol. The highest BCUT2D eigenvalue weighted by molar-refractivity contribution is 7.90. The van der Waals surface area contributed by atoms with E-state index in [1.165, 1.54) is 4.90 Å². The van der Waals surface area contributed by atoms with Crippen molar-refractivity contribution in [2.24, 2.45) is 0 Å². The maximum atomic E-state index is 14.3. The summed E-state index contributed by atoms with van der Waals surface area (Å²) in [6, 6.07) is 24.8. The minimum atomic E-state index is -4.28. The van der Waals surface area contributed by atoms with Crippen LogP contribution in [0.25, 0.3) is 0 Å². The van der Waals surface area contributed by atoms with Crippen LogP contribution < -0.4 is 14.7 Å². The van der Waals surface area contributed by atoms with E-state index in [0.717, 1.165) is 15.7 Å². The van der Waals surface area contributed by atoms with Crippen molar-refractivity contribution in [2.75, 3.05) is 40.9 Å². The van der Waals surface area contributed by atoms with Crippen molar-refractivity contribution in [2.45, 2.75) is 18.0 Å². The first-order valence-corrected chi connectivity index (χ1v) is 15.4. The molecule has 41 heavy (non-hydrogen) atoms. The highest BCUT2D eigenvalue weighted by atomic mass is 35.5. The molecule has 0 spiro atoms. The van der Waals surface area contributed by atoms with E-state index in [9.17, 15) is 13.2 Å². The lowest BCUT2D eigenvalue weighted by Crippen LogP contribution is -2.51. The van der Waals surface area contributed by atoms with Gasteiger partial charge in [0.05, 0.1) is 24.5 Å². The van der Waals surface area contributed by atoms with Gasteiger partial charge < -0.3 is 9.80 Å². The summed E-state index contributed by atoms with van der Waals surface area (Å²) in [5.74, 6) is 0.874. The molecule has 6 rings (SSSR count). The average molecular weight is 609 g/mol. The molecule has 0 bridgehead atoms. The fourth-order valence-corrected chi connectivity index (χ4v) is 7.41. The number of benzene rings is 3. The van der Waals surface area contributed by atoms with E-state index in [0.29, 0.717) is 47.5 Å². The van der Waals surface area contributed by atoms with Crippen molar-refractivity contribution in [1.82, 2.24) is 9.29 Å². The molecular weight excluding hydrogens is 581 g/mol. The number of hydrogen-bond acceptors (Lipinski definition) is 6. The van der Waals surface area contributed by atoms with E-state index in [4.69, 9.17) is 23.2 Å². The zero-order valence-electron chi connectivity index (χ0n) is 22.0. The number of urea groups is 1. The van der Waals surface area contributed by atoms with Gasteiger partial charge in [-0.3, -0.25) is 4.90 Å². The number of carbonyl (C=O) groups is 1. The van der Waals surface area contributed by atoms with Gasteiger partial charge in [-0.25, -0.2) is 22.5 Å². The Hall–Kier alpha value is -3.79. The third-order valence-electron chi connectivity index (χ3n) is 7.35. The quantitative estimate of drug-likeness (QED) is 0.266. The number of aromatic nitrogens is 1. The first kappa shape index (κ1) is 27.4. The van der Waals surface area contributed by atoms with Crippen molar-refractivity contribution < 1.29 is 13.2 Å². The summed E-state index contributed by atoms with van der Waals surface area (Å²) in [5.41, 5.74) is 2.13. The number of carbonyl (C=O) groups excluding carboxylic acids is 1. The minimum absolute atomic E-state index is 0.0655. The average Bonchev–Trinajstić information content (AvgIpc) is 2.99. The molecule has 210 valence electrons. The molecule has 0 aliphatic carbocycles. The molecule has 2 amide bonds. The van der Waals surface area contributed by atoms with Gasteiger partial charge in [0, 0.05) is 42.4 Å². The molecule has 0 N–H and O–H groups in total. The van der Waals surface area contributed by atoms with E-state index in [2.05, 4.69) is 9.88 Å². The SMILES string of the molecule is O=C1N(Cc2ccccc2)c2cc(Cl)cc(N3CCN(c4ccccn4)CC3)c2S(=O)(=O)N1Cc1ccccc1Cl. The van der Waals surface area contributed by atoms with Gasteiger partial charge in [0.15, 0.2) is 0 Å². The van der Waals surface area contributed by atoms with Crippen LogP contribution in [0.5, 0.6) is 0 Å². The minimum Gasteiger partial charge on any atom is -0.367 e. The number of anilines is 3. The summed E-state index contributed by atoms with van der Waals surface area (Å²) < 4.78 is 29.6. The lowest BCUT2D eigenvalue weighted by atomic mass is 10.1. The maximum absolute atomic E-state index is 14.3. The second-order valence-corrected chi connectivity index (χ2v) is 12.5. The van der Waals surface area contributed by atoms with Gasteiger partial charge >= 0.3 is 6.03 Å². The molecule has 3 heterocycles. The molecule has 1 fully saturated rings. The second-order valence-electron chi connectivity index (χ2n) is 9.89. The molecule has 2 aliphatic heterocycles. The Balaban J connectivity index is 1.43. The molecule has 11 heteroatoms. The number of pyridine rings is 1. The molecule has 0 unspecified atom stereocenters. The van der Waals surface area contributed by atoms with Crippen LogP contribution in [-0.4, -0.2) is 49.9 Å². The standard InChI is InChI=1S/C30H27Cl2N5O3S/c31-24-18-26(34-14-16-35(17-15-34)28-12-6-7-13-33-28)29-27(19-24)36(20-22-8-2-1-3-9-22)30(38)37(41(29,39)40)21-23-10-4-5-11-25(23)32/h1-13,18-19H,14-17,20-21H2. The zero-order chi connectivity index (χ0) is 28.6. The van der Waals surface area contributed by atoms with Crippen molar-refractivity contribution in [1.29, 1.82) is 0 Å². The van der Waals surface area contributed by atoms with Gasteiger partial charge in [0.2, 0.25) is 0 Å². The molecular formula is C30H27Cl2N5O3S. The van der Waals surface area contributed by atoms with Gasteiger partial charge in [0.25, 0.3) is 10.0 Å². The van der Waals surface area contributed by atoms with Gasteiger partial charge in [-0.1, -0.05) is 77.8 Å². The van der Waals surface area contributed by atoms with Crippen molar-refractivity contribution >= 4 is 56.4 Å². The van der Waals surface area contributed by atoms with Crippen LogP contribution in [0.4, 0.5) is 22.0 Å². The Morgan fingerprint density at radius 1 is 0.756 bits per heavy atom. The number of amides is 2. The van der Waals surface area contributed by atoms with Gasteiger partial charge in [-0.15, -0.1) is 0 Å². The van der Waals surface area contributed by atoms with Crippen LogP contribution in [-0.2, 0) is 23.1 Å². The molecule has 1 saturated heterocycles. The Morgan fingerprint density at radius 2 is 1.41 bits per heavy atom. The second kappa shape index (κ2) is 11.2. The molecule has 2 aliphatic rings. The smallest absolute Gasteiger partial charge is 0.339 e. The van der Waals surface area contributed by atoms with Gasteiger partial charge in [0.1, 0.15) is 10.7 Å². The number of rotatable bonds is 6. The number of piperazine rings is 1. The fourth-order valence-electron chi connectivity index (χ4n) is 5.29. The Bertz CT molecular complexity index is 1680. The number of fused-ring (bicyclic) bond motifs is 1. The molecule has 0 radical (unpaired) electrons. The van der Waals surface area contributed by atoms with Crippen LogP contribution in [0.2, 0.25) is 10.0 Å². The molecule has 1 aromatic heterocycles. The Morgan fingerprint density at radius 3 is 2.12 bits per heavy atom. The zero-order valence-corrected chi connectivity index (χ0v) is 24.4.